The van der Waals surface area contributed by atoms with Crippen LogP contribution in [0.4, 0.5) is 8.78 Å². The number of nitrogens with two attached hydrogens (primary N) is 1. The van der Waals surface area contributed by atoms with E-state index in [2.05, 4.69) is 4.98 Å². The number of nitrogens with zero attached hydrogens (tertiary/aromatic N) is 2. The molecule has 0 amide bonds. The van der Waals surface area contributed by atoms with Crippen LogP contribution >= 0.6 is 11.3 Å². The zero-order chi connectivity index (χ0) is 11.6. The monoisotopic (exact) mass is 243 g/mol. The lowest BCUT2D eigenvalue weighted by atomic mass is 10.1. The molecular formula is C10H11F2N3S. The van der Waals surface area contributed by atoms with E-state index in [1.165, 1.54) is 23.7 Å². The summed E-state index contributed by atoms with van der Waals surface area (Å²) in [5, 5.41) is 1.87. The first-order chi connectivity index (χ1) is 7.62. The molecule has 86 valence electrons. The normalized spacial score (nSPS) is 20.1. The molecule has 1 atom stereocenters. The molecule has 1 aliphatic rings. The average molecular weight is 243 g/mol. The lowest BCUT2D eigenvalue weighted by molar-refractivity contribution is 0.103. The molecule has 1 aromatic rings. The Morgan fingerprint density at radius 1 is 1.44 bits per heavy atom. The molecule has 1 aliphatic heterocycles. The minimum atomic E-state index is -2.86. The number of aromatic nitrogens is 1. The van der Waals surface area contributed by atoms with Gasteiger partial charge in [0, 0.05) is 36.5 Å². The maximum atomic E-state index is 12.8. The Balaban J connectivity index is 2.16. The number of hydrogen-bond donors (Lipinski definition) is 1. The summed E-state index contributed by atoms with van der Waals surface area (Å²) in [5.74, 6) is -2.86. The maximum Gasteiger partial charge on any atom is 0.288 e. The van der Waals surface area contributed by atoms with Gasteiger partial charge in [-0.05, 0) is 0 Å². The molecule has 2 rings (SSSR count). The zero-order valence-corrected chi connectivity index (χ0v) is 9.20. The van der Waals surface area contributed by atoms with Gasteiger partial charge in [0.25, 0.3) is 5.92 Å². The van der Waals surface area contributed by atoms with Crippen LogP contribution in [0.1, 0.15) is 11.7 Å². The zero-order valence-electron chi connectivity index (χ0n) is 8.38. The Morgan fingerprint density at radius 3 is 2.62 bits per heavy atom. The van der Waals surface area contributed by atoms with Crippen LogP contribution < -0.4 is 5.73 Å². The van der Waals surface area contributed by atoms with E-state index < -0.39 is 5.92 Å². The molecular weight excluding hydrogens is 232 g/mol. The van der Waals surface area contributed by atoms with Crippen molar-refractivity contribution in [2.24, 2.45) is 5.73 Å². The van der Waals surface area contributed by atoms with E-state index in [0.29, 0.717) is 6.54 Å². The summed E-state index contributed by atoms with van der Waals surface area (Å²) in [7, 11) is 0. The second kappa shape index (κ2) is 4.31. The van der Waals surface area contributed by atoms with Gasteiger partial charge in [-0.25, -0.2) is 4.98 Å². The SMILES string of the molecule is NCC(c1cscn1)N1C=CC(F)(F)C=C1. The van der Waals surface area contributed by atoms with Gasteiger partial charge in [-0.2, -0.15) is 8.78 Å². The van der Waals surface area contributed by atoms with E-state index in [0.717, 1.165) is 17.8 Å². The van der Waals surface area contributed by atoms with Gasteiger partial charge < -0.3 is 10.6 Å². The molecule has 0 fully saturated rings. The lowest BCUT2D eigenvalue weighted by Gasteiger charge is -2.28. The smallest absolute Gasteiger partial charge is 0.288 e. The van der Waals surface area contributed by atoms with Crippen LogP contribution in [-0.2, 0) is 0 Å². The molecule has 2 N–H and O–H groups in total. The molecule has 0 spiro atoms. The second-order valence-electron chi connectivity index (χ2n) is 3.42. The van der Waals surface area contributed by atoms with E-state index in [1.807, 2.05) is 5.38 Å². The summed E-state index contributed by atoms with van der Waals surface area (Å²) in [6.45, 7) is 0.323. The summed E-state index contributed by atoms with van der Waals surface area (Å²) < 4.78 is 25.7. The third kappa shape index (κ3) is 2.28. The second-order valence-corrected chi connectivity index (χ2v) is 4.14. The summed E-state index contributed by atoms with van der Waals surface area (Å²) in [5.41, 5.74) is 8.13. The molecule has 3 nitrogen and oxygen atoms in total. The van der Waals surface area contributed by atoms with Crippen molar-refractivity contribution in [2.75, 3.05) is 6.54 Å². The highest BCUT2D eigenvalue weighted by molar-refractivity contribution is 7.07. The van der Waals surface area contributed by atoms with Crippen LogP contribution in [0.25, 0.3) is 0 Å². The largest absolute Gasteiger partial charge is 0.344 e. The van der Waals surface area contributed by atoms with Crippen molar-refractivity contribution >= 4 is 11.3 Å². The number of alkyl halides is 2. The molecule has 0 radical (unpaired) electrons. The lowest BCUT2D eigenvalue weighted by Crippen LogP contribution is -2.29. The number of halogens is 2. The Kier molecular flexibility index (Phi) is 3.02. The standard InChI is InChI=1S/C10H11F2N3S/c11-10(12)1-3-15(4-2-10)9(5-13)8-6-16-7-14-8/h1-4,6-7,9H,5,13H2. The molecule has 0 saturated carbocycles. The van der Waals surface area contributed by atoms with E-state index in [-0.39, 0.29) is 6.04 Å². The van der Waals surface area contributed by atoms with Gasteiger partial charge in [0.15, 0.2) is 0 Å². The Hall–Kier alpha value is -1.27. The van der Waals surface area contributed by atoms with Crippen LogP contribution in [-0.4, -0.2) is 22.4 Å². The summed E-state index contributed by atoms with van der Waals surface area (Å²) in [6, 6.07) is -0.185. The molecule has 1 unspecified atom stereocenters. The van der Waals surface area contributed by atoms with E-state index in [1.54, 1.807) is 10.4 Å². The van der Waals surface area contributed by atoms with Crippen molar-refractivity contribution in [3.63, 3.8) is 0 Å². The number of hydrogen-bond acceptors (Lipinski definition) is 4. The van der Waals surface area contributed by atoms with Crippen molar-refractivity contribution in [2.45, 2.75) is 12.0 Å². The highest BCUT2D eigenvalue weighted by Crippen LogP contribution is 2.27. The quantitative estimate of drug-likeness (QED) is 0.884. The summed E-state index contributed by atoms with van der Waals surface area (Å²) in [6.07, 6.45) is 4.39. The fraction of sp³-hybridized carbons (Fsp3) is 0.300. The van der Waals surface area contributed by atoms with Crippen molar-refractivity contribution in [1.82, 2.24) is 9.88 Å². The first-order valence-corrected chi connectivity index (χ1v) is 5.69. The van der Waals surface area contributed by atoms with Gasteiger partial charge in [0.05, 0.1) is 17.2 Å². The molecule has 0 aromatic carbocycles. The molecule has 1 aromatic heterocycles. The van der Waals surface area contributed by atoms with Gasteiger partial charge in [-0.15, -0.1) is 11.3 Å². The van der Waals surface area contributed by atoms with Crippen molar-refractivity contribution in [3.05, 3.63) is 41.1 Å². The molecule has 2 heterocycles. The molecule has 0 saturated heterocycles. The Morgan fingerprint density at radius 2 is 2.12 bits per heavy atom. The minimum Gasteiger partial charge on any atom is -0.344 e. The van der Waals surface area contributed by atoms with Gasteiger partial charge in [-0.1, -0.05) is 0 Å². The molecule has 6 heteroatoms. The molecule has 0 aliphatic carbocycles. The number of allylic oxidation sites excluding steroid dienone is 2. The van der Waals surface area contributed by atoms with E-state index in [4.69, 9.17) is 5.73 Å². The van der Waals surface area contributed by atoms with Crippen LogP contribution in [0, 0.1) is 0 Å². The van der Waals surface area contributed by atoms with Crippen LogP contribution in [0.5, 0.6) is 0 Å². The van der Waals surface area contributed by atoms with Crippen molar-refractivity contribution < 1.29 is 8.78 Å². The topological polar surface area (TPSA) is 42.1 Å². The third-order valence-corrected chi connectivity index (χ3v) is 2.92. The predicted octanol–water partition coefficient (Wildman–Crippen LogP) is 2.12. The van der Waals surface area contributed by atoms with Crippen molar-refractivity contribution in [1.29, 1.82) is 0 Å². The van der Waals surface area contributed by atoms with Crippen LogP contribution in [0.15, 0.2) is 35.4 Å². The Labute approximate surface area is 95.9 Å². The van der Waals surface area contributed by atoms with E-state index in [9.17, 15) is 8.78 Å². The first kappa shape index (κ1) is 11.2. The fourth-order valence-electron chi connectivity index (χ4n) is 1.47. The predicted molar refractivity (Wildman–Crippen MR) is 59.0 cm³/mol. The van der Waals surface area contributed by atoms with Crippen LogP contribution in [0.2, 0.25) is 0 Å². The minimum absolute atomic E-state index is 0.185. The Bertz CT molecular complexity index is 384. The van der Waals surface area contributed by atoms with Crippen LogP contribution in [0.3, 0.4) is 0 Å². The highest BCUT2D eigenvalue weighted by Gasteiger charge is 2.27. The maximum absolute atomic E-state index is 12.8. The van der Waals surface area contributed by atoms with E-state index >= 15 is 0 Å². The van der Waals surface area contributed by atoms with Gasteiger partial charge in [0.1, 0.15) is 0 Å². The summed E-state index contributed by atoms with van der Waals surface area (Å²) >= 11 is 1.46. The van der Waals surface area contributed by atoms with Crippen molar-refractivity contribution in [3.8, 4) is 0 Å². The van der Waals surface area contributed by atoms with Gasteiger partial charge in [-0.3, -0.25) is 0 Å². The molecule has 0 bridgehead atoms. The summed E-state index contributed by atoms with van der Waals surface area (Å²) in [4.78, 5) is 5.79. The van der Waals surface area contributed by atoms with Gasteiger partial charge in [0.2, 0.25) is 0 Å². The van der Waals surface area contributed by atoms with Gasteiger partial charge >= 0.3 is 0 Å². The highest BCUT2D eigenvalue weighted by atomic mass is 32.1. The fourth-order valence-corrected chi connectivity index (χ4v) is 2.07. The average Bonchev–Trinajstić information content (AvgIpc) is 2.75. The number of thiazole rings is 1. The molecule has 16 heavy (non-hydrogen) atoms. The first-order valence-electron chi connectivity index (χ1n) is 4.74. The number of rotatable bonds is 3. The third-order valence-electron chi connectivity index (χ3n) is 2.31.